The van der Waals surface area contributed by atoms with E-state index in [2.05, 4.69) is 6.07 Å². The maximum absolute atomic E-state index is 11.4. The molecule has 3 aromatic rings. The minimum absolute atomic E-state index is 0.370. The number of rotatable bonds is 1. The molecule has 0 bridgehead atoms. The van der Waals surface area contributed by atoms with Crippen LogP contribution in [0.2, 0.25) is 0 Å². The van der Waals surface area contributed by atoms with E-state index >= 15 is 0 Å². The highest BCUT2D eigenvalue weighted by Crippen LogP contribution is 2.37. The van der Waals surface area contributed by atoms with Gasteiger partial charge < -0.3 is 4.74 Å². The zero-order valence-corrected chi connectivity index (χ0v) is 10.9. The number of nitrogens with zero attached hydrogens (tertiary/aromatic N) is 1. The lowest BCUT2D eigenvalue weighted by Gasteiger charge is -2.12. The molecule has 0 spiro atoms. The molecule has 0 fully saturated rings. The van der Waals surface area contributed by atoms with Gasteiger partial charge >= 0.3 is 5.97 Å². The Bertz CT molecular complexity index is 818. The predicted octanol–water partition coefficient (Wildman–Crippen LogP) is 3.79. The molecule has 0 aliphatic rings. The van der Waals surface area contributed by atoms with Crippen LogP contribution in [-0.4, -0.2) is 5.97 Å². The van der Waals surface area contributed by atoms with Crippen LogP contribution in [-0.2, 0) is 4.79 Å². The number of ether oxygens (including phenoxy) is 1. The summed E-state index contributed by atoms with van der Waals surface area (Å²) in [4.78, 5) is 11.4. The van der Waals surface area contributed by atoms with Gasteiger partial charge in [0.15, 0.2) is 0 Å². The summed E-state index contributed by atoms with van der Waals surface area (Å²) >= 11 is 0. The van der Waals surface area contributed by atoms with Crippen molar-refractivity contribution in [1.82, 2.24) is 0 Å². The molecule has 3 heteroatoms. The fourth-order valence-corrected chi connectivity index (χ4v) is 2.46. The fourth-order valence-electron chi connectivity index (χ4n) is 2.46. The number of hydrogen-bond acceptors (Lipinski definition) is 3. The first-order valence-electron chi connectivity index (χ1n) is 6.24. The van der Waals surface area contributed by atoms with E-state index in [9.17, 15) is 10.1 Å². The maximum Gasteiger partial charge on any atom is 0.308 e. The molecule has 0 saturated carbocycles. The van der Waals surface area contributed by atoms with Crippen molar-refractivity contribution in [2.24, 2.45) is 0 Å². The van der Waals surface area contributed by atoms with Crippen molar-refractivity contribution in [3.63, 3.8) is 0 Å². The Morgan fingerprint density at radius 3 is 1.80 bits per heavy atom. The number of carbonyl (C=O) groups is 1. The van der Waals surface area contributed by atoms with Crippen molar-refractivity contribution >= 4 is 27.5 Å². The molecule has 0 amide bonds. The lowest BCUT2D eigenvalue weighted by Crippen LogP contribution is -2.03. The predicted molar refractivity (Wildman–Crippen MR) is 77.5 cm³/mol. The van der Waals surface area contributed by atoms with Crippen molar-refractivity contribution in [3.8, 4) is 11.8 Å². The van der Waals surface area contributed by atoms with Crippen LogP contribution in [0.15, 0.2) is 48.5 Å². The third-order valence-electron chi connectivity index (χ3n) is 3.24. The second kappa shape index (κ2) is 4.67. The Hall–Kier alpha value is -2.86. The smallest absolute Gasteiger partial charge is 0.308 e. The van der Waals surface area contributed by atoms with Gasteiger partial charge in [0, 0.05) is 28.5 Å². The summed E-state index contributed by atoms with van der Waals surface area (Å²) in [6.07, 6.45) is 0. The standard InChI is InChI=1S/C17H11NO2/c1-11(19)20-17-14-8-4-2-6-12(14)16(10-18)13-7-3-5-9-15(13)17/h2-9H,1H3. The van der Waals surface area contributed by atoms with E-state index in [0.717, 1.165) is 21.5 Å². The number of nitriles is 1. The van der Waals surface area contributed by atoms with E-state index < -0.39 is 0 Å². The van der Waals surface area contributed by atoms with Gasteiger partial charge in [-0.2, -0.15) is 5.26 Å². The van der Waals surface area contributed by atoms with Crippen molar-refractivity contribution in [2.45, 2.75) is 6.92 Å². The highest BCUT2D eigenvalue weighted by Gasteiger charge is 2.15. The van der Waals surface area contributed by atoms with Crippen LogP contribution >= 0.6 is 0 Å². The van der Waals surface area contributed by atoms with E-state index in [1.54, 1.807) is 0 Å². The molecule has 20 heavy (non-hydrogen) atoms. The largest absolute Gasteiger partial charge is 0.425 e. The van der Waals surface area contributed by atoms with E-state index in [4.69, 9.17) is 4.74 Å². The molecular formula is C17H11NO2. The van der Waals surface area contributed by atoms with E-state index in [1.807, 2.05) is 48.5 Å². The van der Waals surface area contributed by atoms with Gasteiger partial charge in [-0.25, -0.2) is 0 Å². The first kappa shape index (κ1) is 12.2. The summed E-state index contributed by atoms with van der Waals surface area (Å²) in [6.45, 7) is 1.38. The third-order valence-corrected chi connectivity index (χ3v) is 3.24. The lowest BCUT2D eigenvalue weighted by molar-refractivity contribution is -0.131. The summed E-state index contributed by atoms with van der Waals surface area (Å²) in [5, 5.41) is 12.6. The molecule has 0 saturated heterocycles. The van der Waals surface area contributed by atoms with Gasteiger partial charge in [-0.15, -0.1) is 0 Å². The number of carbonyl (C=O) groups excluding carboxylic acids is 1. The van der Waals surface area contributed by atoms with E-state index in [0.29, 0.717) is 11.3 Å². The summed E-state index contributed by atoms with van der Waals surface area (Å²) in [5.41, 5.74) is 0.604. The van der Waals surface area contributed by atoms with Crippen LogP contribution in [0.4, 0.5) is 0 Å². The summed E-state index contributed by atoms with van der Waals surface area (Å²) in [6, 6.07) is 17.2. The second-order valence-corrected chi connectivity index (χ2v) is 4.50. The molecule has 3 nitrogen and oxygen atoms in total. The van der Waals surface area contributed by atoms with E-state index in [-0.39, 0.29) is 5.97 Å². The molecule has 3 rings (SSSR count). The zero-order valence-electron chi connectivity index (χ0n) is 10.9. The topological polar surface area (TPSA) is 50.1 Å². The number of benzene rings is 3. The minimum atomic E-state index is -0.370. The highest BCUT2D eigenvalue weighted by molar-refractivity contribution is 6.10. The Morgan fingerprint density at radius 1 is 0.950 bits per heavy atom. The second-order valence-electron chi connectivity index (χ2n) is 4.50. The number of hydrogen-bond donors (Lipinski definition) is 0. The molecule has 0 aliphatic heterocycles. The van der Waals surface area contributed by atoms with Crippen molar-refractivity contribution in [3.05, 3.63) is 54.1 Å². The minimum Gasteiger partial charge on any atom is -0.425 e. The molecular weight excluding hydrogens is 250 g/mol. The molecule has 0 atom stereocenters. The van der Waals surface area contributed by atoms with Gasteiger partial charge in [-0.3, -0.25) is 4.79 Å². The Kier molecular flexibility index (Phi) is 2.85. The average molecular weight is 261 g/mol. The molecule has 0 aliphatic carbocycles. The molecule has 0 aromatic heterocycles. The van der Waals surface area contributed by atoms with Gasteiger partial charge in [0.2, 0.25) is 0 Å². The van der Waals surface area contributed by atoms with Gasteiger partial charge in [-0.05, 0) is 0 Å². The zero-order chi connectivity index (χ0) is 14.1. The SMILES string of the molecule is CC(=O)Oc1c2ccccc2c(C#N)c2ccccc12. The van der Waals surface area contributed by atoms with Gasteiger partial charge in [0.25, 0.3) is 0 Å². The summed E-state index contributed by atoms with van der Waals surface area (Å²) in [7, 11) is 0. The number of fused-ring (bicyclic) bond motifs is 2. The molecule has 0 heterocycles. The summed E-state index contributed by atoms with van der Waals surface area (Å²) < 4.78 is 5.39. The Morgan fingerprint density at radius 2 is 1.40 bits per heavy atom. The summed E-state index contributed by atoms with van der Waals surface area (Å²) in [5.74, 6) is 0.146. The molecule has 0 radical (unpaired) electrons. The van der Waals surface area contributed by atoms with Crippen molar-refractivity contribution < 1.29 is 9.53 Å². The van der Waals surface area contributed by atoms with Gasteiger partial charge in [0.05, 0.1) is 5.56 Å². The van der Waals surface area contributed by atoms with Crippen LogP contribution in [0.5, 0.6) is 5.75 Å². The average Bonchev–Trinajstić information content (AvgIpc) is 2.47. The maximum atomic E-state index is 11.4. The fraction of sp³-hybridized carbons (Fsp3) is 0.0588. The van der Waals surface area contributed by atoms with Crippen molar-refractivity contribution in [1.29, 1.82) is 5.26 Å². The quantitative estimate of drug-likeness (QED) is 0.380. The number of esters is 1. The van der Waals surface area contributed by atoms with Crippen LogP contribution in [0.3, 0.4) is 0 Å². The monoisotopic (exact) mass is 261 g/mol. The Balaban J connectivity index is 2.56. The first-order chi connectivity index (χ1) is 9.72. The van der Waals surface area contributed by atoms with Gasteiger partial charge in [-0.1, -0.05) is 48.5 Å². The lowest BCUT2D eigenvalue weighted by atomic mass is 9.96. The van der Waals surface area contributed by atoms with E-state index in [1.165, 1.54) is 6.92 Å². The van der Waals surface area contributed by atoms with Crippen LogP contribution in [0.25, 0.3) is 21.5 Å². The van der Waals surface area contributed by atoms with Gasteiger partial charge in [0.1, 0.15) is 11.8 Å². The van der Waals surface area contributed by atoms with Crippen LogP contribution in [0.1, 0.15) is 12.5 Å². The highest BCUT2D eigenvalue weighted by atomic mass is 16.5. The first-order valence-corrected chi connectivity index (χ1v) is 6.24. The Labute approximate surface area is 116 Å². The third kappa shape index (κ3) is 1.79. The van der Waals surface area contributed by atoms with Crippen molar-refractivity contribution in [2.75, 3.05) is 0 Å². The molecule has 0 unspecified atom stereocenters. The van der Waals surface area contributed by atoms with Crippen LogP contribution < -0.4 is 4.74 Å². The van der Waals surface area contributed by atoms with Crippen LogP contribution in [0, 0.1) is 11.3 Å². The molecule has 0 N–H and O–H groups in total. The molecule has 3 aromatic carbocycles. The normalized spacial score (nSPS) is 10.4. The molecule has 96 valence electrons.